The minimum Gasteiger partial charge on any atom is -0.481 e. The minimum atomic E-state index is -0.992. The van der Waals surface area contributed by atoms with E-state index in [9.17, 15) is 14.7 Å². The molecule has 1 unspecified atom stereocenters. The highest BCUT2D eigenvalue weighted by Crippen LogP contribution is 2.37. The molecule has 2 aliphatic carbocycles. The maximum atomic E-state index is 12.5. The molecule has 4 heteroatoms. The fourth-order valence-corrected chi connectivity index (χ4v) is 2.40. The van der Waals surface area contributed by atoms with Crippen LogP contribution in [-0.2, 0) is 9.59 Å². The first-order valence-electron chi connectivity index (χ1n) is 6.84. The SMILES string of the molecule is CC(C)(C)C(C(=O)O)C(=O)N(CC1CC1)C1CC1. The smallest absolute Gasteiger partial charge is 0.316 e. The summed E-state index contributed by atoms with van der Waals surface area (Å²) in [6.07, 6.45) is 4.44. The lowest BCUT2D eigenvalue weighted by molar-refractivity contribution is -0.156. The van der Waals surface area contributed by atoms with Gasteiger partial charge in [0.25, 0.3) is 0 Å². The van der Waals surface area contributed by atoms with Crippen LogP contribution in [-0.4, -0.2) is 34.5 Å². The molecule has 102 valence electrons. The molecule has 0 bridgehead atoms. The van der Waals surface area contributed by atoms with Crippen molar-refractivity contribution >= 4 is 11.9 Å². The van der Waals surface area contributed by atoms with E-state index in [-0.39, 0.29) is 5.91 Å². The molecule has 0 saturated heterocycles. The van der Waals surface area contributed by atoms with Crippen molar-refractivity contribution in [2.45, 2.75) is 52.5 Å². The molecule has 18 heavy (non-hydrogen) atoms. The summed E-state index contributed by atoms with van der Waals surface area (Å²) in [4.78, 5) is 25.8. The van der Waals surface area contributed by atoms with Gasteiger partial charge < -0.3 is 10.0 Å². The van der Waals surface area contributed by atoms with Gasteiger partial charge in [-0.25, -0.2) is 0 Å². The number of amides is 1. The number of aliphatic carboxylic acids is 1. The first-order chi connectivity index (χ1) is 8.30. The quantitative estimate of drug-likeness (QED) is 0.764. The van der Waals surface area contributed by atoms with Gasteiger partial charge in [-0.1, -0.05) is 20.8 Å². The van der Waals surface area contributed by atoms with Crippen LogP contribution in [0.25, 0.3) is 0 Å². The summed E-state index contributed by atoms with van der Waals surface area (Å²) < 4.78 is 0. The van der Waals surface area contributed by atoms with Gasteiger partial charge in [0.2, 0.25) is 5.91 Å². The third-order valence-electron chi connectivity index (χ3n) is 3.78. The van der Waals surface area contributed by atoms with Crippen LogP contribution in [0.3, 0.4) is 0 Å². The highest BCUT2D eigenvalue weighted by atomic mass is 16.4. The number of carbonyl (C=O) groups is 2. The molecule has 1 amide bonds. The zero-order valence-electron chi connectivity index (χ0n) is 11.5. The van der Waals surface area contributed by atoms with Crippen molar-refractivity contribution in [1.82, 2.24) is 4.90 Å². The number of rotatable bonds is 5. The predicted octanol–water partition coefficient (Wildman–Crippen LogP) is 2.13. The van der Waals surface area contributed by atoms with Crippen molar-refractivity contribution in [3.8, 4) is 0 Å². The average Bonchev–Trinajstić information content (AvgIpc) is 3.05. The van der Waals surface area contributed by atoms with Crippen molar-refractivity contribution in [3.05, 3.63) is 0 Å². The van der Waals surface area contributed by atoms with Crippen LogP contribution in [0, 0.1) is 17.3 Å². The van der Waals surface area contributed by atoms with Gasteiger partial charge in [0, 0.05) is 12.6 Å². The Morgan fingerprint density at radius 3 is 2.11 bits per heavy atom. The van der Waals surface area contributed by atoms with Crippen molar-refractivity contribution in [2.24, 2.45) is 17.3 Å². The van der Waals surface area contributed by atoms with E-state index in [1.165, 1.54) is 12.8 Å². The summed E-state index contributed by atoms with van der Waals surface area (Å²) in [7, 11) is 0. The molecule has 2 aliphatic rings. The molecule has 2 rings (SSSR count). The highest BCUT2D eigenvalue weighted by molar-refractivity contribution is 5.98. The second-order valence-electron chi connectivity index (χ2n) is 6.80. The summed E-state index contributed by atoms with van der Waals surface area (Å²) in [5, 5.41) is 9.33. The van der Waals surface area contributed by atoms with Crippen molar-refractivity contribution in [1.29, 1.82) is 0 Å². The fraction of sp³-hybridized carbons (Fsp3) is 0.857. The van der Waals surface area contributed by atoms with Crippen LogP contribution < -0.4 is 0 Å². The van der Waals surface area contributed by atoms with Gasteiger partial charge in [-0.3, -0.25) is 9.59 Å². The Balaban J connectivity index is 2.11. The molecule has 4 nitrogen and oxygen atoms in total. The van der Waals surface area contributed by atoms with E-state index in [4.69, 9.17) is 0 Å². The van der Waals surface area contributed by atoms with E-state index in [0.29, 0.717) is 12.0 Å². The molecule has 0 aliphatic heterocycles. The number of hydrogen-bond donors (Lipinski definition) is 1. The number of carbonyl (C=O) groups excluding carboxylic acids is 1. The number of hydrogen-bond acceptors (Lipinski definition) is 2. The lowest BCUT2D eigenvalue weighted by atomic mass is 9.79. The van der Waals surface area contributed by atoms with Gasteiger partial charge in [-0.2, -0.15) is 0 Å². The molecule has 0 radical (unpaired) electrons. The van der Waals surface area contributed by atoms with Crippen LogP contribution in [0.2, 0.25) is 0 Å². The summed E-state index contributed by atoms with van der Waals surface area (Å²) in [5.41, 5.74) is -0.528. The molecule has 0 spiro atoms. The van der Waals surface area contributed by atoms with E-state index >= 15 is 0 Å². The lowest BCUT2D eigenvalue weighted by Gasteiger charge is -2.32. The Morgan fingerprint density at radius 2 is 1.78 bits per heavy atom. The highest BCUT2D eigenvalue weighted by Gasteiger charge is 2.45. The maximum Gasteiger partial charge on any atom is 0.316 e. The fourth-order valence-electron chi connectivity index (χ4n) is 2.40. The van der Waals surface area contributed by atoms with Crippen molar-refractivity contribution < 1.29 is 14.7 Å². The Bertz CT molecular complexity index is 351. The normalized spacial score (nSPS) is 21.5. The number of carboxylic acids is 1. The number of carboxylic acid groups (broad SMARTS) is 1. The monoisotopic (exact) mass is 253 g/mol. The summed E-state index contributed by atoms with van der Waals surface area (Å²) in [5.74, 6) is -1.47. The molecule has 0 aromatic carbocycles. The predicted molar refractivity (Wildman–Crippen MR) is 68.0 cm³/mol. The molecule has 2 saturated carbocycles. The van der Waals surface area contributed by atoms with Crippen molar-refractivity contribution in [2.75, 3.05) is 6.54 Å². The molecule has 0 heterocycles. The molecule has 2 fully saturated rings. The Kier molecular flexibility index (Phi) is 3.39. The second-order valence-corrected chi connectivity index (χ2v) is 6.80. The van der Waals surface area contributed by atoms with Gasteiger partial charge in [0.05, 0.1) is 0 Å². The topological polar surface area (TPSA) is 57.6 Å². The van der Waals surface area contributed by atoms with E-state index in [1.54, 1.807) is 0 Å². The zero-order valence-corrected chi connectivity index (χ0v) is 11.5. The van der Waals surface area contributed by atoms with Gasteiger partial charge in [-0.05, 0) is 37.0 Å². The molecule has 0 aromatic heterocycles. The minimum absolute atomic E-state index is 0.176. The standard InChI is InChI=1S/C14H23NO3/c1-14(2,3)11(13(17)18)12(16)15(10-6-7-10)8-9-4-5-9/h9-11H,4-8H2,1-3H3,(H,17,18). The third kappa shape index (κ3) is 3.03. The van der Waals surface area contributed by atoms with Gasteiger partial charge >= 0.3 is 5.97 Å². The van der Waals surface area contributed by atoms with Gasteiger partial charge in [0.1, 0.15) is 5.92 Å². The van der Waals surface area contributed by atoms with Gasteiger partial charge in [0.15, 0.2) is 0 Å². The Labute approximate surface area is 108 Å². The molecular formula is C14H23NO3. The number of nitrogens with zero attached hydrogens (tertiary/aromatic N) is 1. The van der Waals surface area contributed by atoms with Crippen molar-refractivity contribution in [3.63, 3.8) is 0 Å². The molecule has 0 aromatic rings. The van der Waals surface area contributed by atoms with E-state index in [0.717, 1.165) is 19.4 Å². The van der Waals surface area contributed by atoms with E-state index in [1.807, 2.05) is 25.7 Å². The second kappa shape index (κ2) is 4.56. The maximum absolute atomic E-state index is 12.5. The average molecular weight is 253 g/mol. The molecular weight excluding hydrogens is 230 g/mol. The molecule has 1 N–H and O–H groups in total. The van der Waals surface area contributed by atoms with E-state index in [2.05, 4.69) is 0 Å². The Morgan fingerprint density at radius 1 is 1.22 bits per heavy atom. The first kappa shape index (κ1) is 13.4. The Hall–Kier alpha value is -1.06. The zero-order chi connectivity index (χ0) is 13.5. The third-order valence-corrected chi connectivity index (χ3v) is 3.78. The van der Waals surface area contributed by atoms with Crippen LogP contribution in [0.4, 0.5) is 0 Å². The largest absolute Gasteiger partial charge is 0.481 e. The summed E-state index contributed by atoms with van der Waals surface area (Å²) in [6, 6.07) is 0.308. The summed E-state index contributed by atoms with van der Waals surface area (Å²) >= 11 is 0. The van der Waals surface area contributed by atoms with Crippen LogP contribution >= 0.6 is 0 Å². The molecule has 1 atom stereocenters. The lowest BCUT2D eigenvalue weighted by Crippen LogP contribution is -2.46. The van der Waals surface area contributed by atoms with E-state index < -0.39 is 17.3 Å². The van der Waals surface area contributed by atoms with Crippen LogP contribution in [0.15, 0.2) is 0 Å². The van der Waals surface area contributed by atoms with Gasteiger partial charge in [-0.15, -0.1) is 0 Å². The first-order valence-corrected chi connectivity index (χ1v) is 6.84. The van der Waals surface area contributed by atoms with Crippen LogP contribution in [0.1, 0.15) is 46.5 Å². The van der Waals surface area contributed by atoms with Crippen LogP contribution in [0.5, 0.6) is 0 Å². The summed E-state index contributed by atoms with van der Waals surface area (Å²) in [6.45, 7) is 6.24.